The summed E-state index contributed by atoms with van der Waals surface area (Å²) in [6, 6.07) is 2.09. The Bertz CT molecular complexity index is 411. The molecule has 5 heteroatoms. The molecule has 0 saturated heterocycles. The molecule has 0 aromatic carbocycles. The first kappa shape index (κ1) is 15.3. The minimum atomic E-state index is -0.559. The fourth-order valence-corrected chi connectivity index (χ4v) is 3.19. The van der Waals surface area contributed by atoms with Crippen LogP contribution >= 0.6 is 11.3 Å². The molecule has 1 fully saturated rings. The van der Waals surface area contributed by atoms with Gasteiger partial charge in [0.05, 0.1) is 12.1 Å². The summed E-state index contributed by atoms with van der Waals surface area (Å²) in [5.41, 5.74) is 0.667. The Balaban J connectivity index is 1.86. The second kappa shape index (κ2) is 7.64. The van der Waals surface area contributed by atoms with E-state index in [9.17, 15) is 5.11 Å². The molecule has 0 radical (unpaired) electrons. The van der Waals surface area contributed by atoms with Gasteiger partial charge in [0.15, 0.2) is 5.96 Å². The molecule has 3 N–H and O–H groups in total. The van der Waals surface area contributed by atoms with E-state index in [1.165, 1.54) is 12.0 Å². The van der Waals surface area contributed by atoms with Crippen LogP contribution in [0.15, 0.2) is 21.8 Å². The van der Waals surface area contributed by atoms with Crippen molar-refractivity contribution in [1.82, 2.24) is 10.6 Å². The zero-order chi connectivity index (χ0) is 14.3. The minimum Gasteiger partial charge on any atom is -0.388 e. The number of aliphatic imine (C=N–C) groups is 1. The topological polar surface area (TPSA) is 56.7 Å². The minimum absolute atomic E-state index is 0.559. The maximum Gasteiger partial charge on any atom is 0.191 e. The highest BCUT2D eigenvalue weighted by molar-refractivity contribution is 7.07. The van der Waals surface area contributed by atoms with E-state index in [4.69, 9.17) is 0 Å². The molecule has 1 heterocycles. The Morgan fingerprint density at radius 3 is 2.80 bits per heavy atom. The van der Waals surface area contributed by atoms with Crippen molar-refractivity contribution >= 4 is 17.3 Å². The Kier molecular flexibility index (Phi) is 5.86. The summed E-state index contributed by atoms with van der Waals surface area (Å²) in [6.45, 7) is 4.14. The van der Waals surface area contributed by atoms with Gasteiger partial charge < -0.3 is 15.7 Å². The maximum atomic E-state index is 10.5. The lowest BCUT2D eigenvalue weighted by molar-refractivity contribution is 0.00859. The molecule has 0 spiro atoms. The SMILES string of the molecule is CCNC(=NCc1ccsc1)NCC1(O)CCCCC1. The van der Waals surface area contributed by atoms with Crippen LogP contribution in [0, 0.1) is 0 Å². The molecule has 1 saturated carbocycles. The molecular weight excluding hydrogens is 270 g/mol. The molecule has 0 atom stereocenters. The van der Waals surface area contributed by atoms with Gasteiger partial charge in [0.25, 0.3) is 0 Å². The van der Waals surface area contributed by atoms with Gasteiger partial charge in [-0.1, -0.05) is 19.3 Å². The van der Waals surface area contributed by atoms with Gasteiger partial charge >= 0.3 is 0 Å². The molecule has 1 aliphatic carbocycles. The van der Waals surface area contributed by atoms with Gasteiger partial charge in [0.1, 0.15) is 0 Å². The molecule has 112 valence electrons. The second-order valence-corrected chi connectivity index (χ2v) is 6.25. The number of hydrogen-bond donors (Lipinski definition) is 3. The summed E-state index contributed by atoms with van der Waals surface area (Å²) >= 11 is 1.69. The van der Waals surface area contributed by atoms with Crippen molar-refractivity contribution in [3.63, 3.8) is 0 Å². The predicted octanol–water partition coefficient (Wildman–Crippen LogP) is 2.50. The molecule has 4 nitrogen and oxygen atoms in total. The van der Waals surface area contributed by atoms with Crippen LogP contribution in [-0.4, -0.2) is 29.8 Å². The Labute approximate surface area is 125 Å². The number of nitrogens with one attached hydrogen (secondary N) is 2. The molecule has 0 aliphatic heterocycles. The molecule has 1 aromatic heterocycles. The summed E-state index contributed by atoms with van der Waals surface area (Å²) in [4.78, 5) is 4.56. The number of thiophene rings is 1. The predicted molar refractivity (Wildman–Crippen MR) is 85.2 cm³/mol. The van der Waals surface area contributed by atoms with E-state index in [0.717, 1.165) is 38.2 Å². The van der Waals surface area contributed by atoms with E-state index >= 15 is 0 Å². The van der Waals surface area contributed by atoms with Crippen LogP contribution in [0.5, 0.6) is 0 Å². The standard InChI is InChI=1S/C15H25N3OS/c1-2-16-14(17-10-13-6-9-20-11-13)18-12-15(19)7-4-3-5-8-15/h6,9,11,19H,2-5,7-8,10,12H2,1H3,(H2,16,17,18). The molecule has 2 rings (SSSR count). The van der Waals surface area contributed by atoms with Crippen molar-refractivity contribution in [1.29, 1.82) is 0 Å². The van der Waals surface area contributed by atoms with E-state index in [-0.39, 0.29) is 0 Å². The molecule has 0 unspecified atom stereocenters. The first-order valence-electron chi connectivity index (χ1n) is 7.47. The third-order valence-corrected chi connectivity index (χ3v) is 4.45. The first-order chi connectivity index (χ1) is 9.72. The lowest BCUT2D eigenvalue weighted by Crippen LogP contribution is -2.48. The largest absolute Gasteiger partial charge is 0.388 e. The summed E-state index contributed by atoms with van der Waals surface area (Å²) in [5.74, 6) is 0.790. The summed E-state index contributed by atoms with van der Waals surface area (Å²) < 4.78 is 0. The number of aliphatic hydroxyl groups is 1. The first-order valence-corrected chi connectivity index (χ1v) is 8.42. The fourth-order valence-electron chi connectivity index (χ4n) is 2.53. The van der Waals surface area contributed by atoms with Gasteiger partial charge in [0.2, 0.25) is 0 Å². The average molecular weight is 295 g/mol. The van der Waals surface area contributed by atoms with Crippen molar-refractivity contribution < 1.29 is 5.11 Å². The zero-order valence-electron chi connectivity index (χ0n) is 12.2. The summed E-state index contributed by atoms with van der Waals surface area (Å²) in [7, 11) is 0. The number of nitrogens with zero attached hydrogens (tertiary/aromatic N) is 1. The summed E-state index contributed by atoms with van der Waals surface area (Å²) in [6.07, 6.45) is 5.28. The van der Waals surface area contributed by atoms with Gasteiger partial charge in [-0.3, -0.25) is 0 Å². The van der Waals surface area contributed by atoms with Crippen molar-refractivity contribution in [2.24, 2.45) is 4.99 Å². The van der Waals surface area contributed by atoms with Crippen molar-refractivity contribution in [3.8, 4) is 0 Å². The molecule has 1 aliphatic rings. The third-order valence-electron chi connectivity index (χ3n) is 3.71. The van der Waals surface area contributed by atoms with E-state index in [1.54, 1.807) is 11.3 Å². The number of rotatable bonds is 5. The Morgan fingerprint density at radius 1 is 1.35 bits per heavy atom. The van der Waals surface area contributed by atoms with Crippen molar-refractivity contribution in [3.05, 3.63) is 22.4 Å². The zero-order valence-corrected chi connectivity index (χ0v) is 13.0. The third kappa shape index (κ3) is 4.80. The van der Waals surface area contributed by atoms with Gasteiger partial charge in [-0.2, -0.15) is 11.3 Å². The Hall–Kier alpha value is -1.07. The second-order valence-electron chi connectivity index (χ2n) is 5.47. The van der Waals surface area contributed by atoms with Crippen LogP contribution in [0.4, 0.5) is 0 Å². The fraction of sp³-hybridized carbons (Fsp3) is 0.667. The highest BCUT2D eigenvalue weighted by Crippen LogP contribution is 2.27. The Morgan fingerprint density at radius 2 is 2.15 bits per heavy atom. The number of guanidine groups is 1. The lowest BCUT2D eigenvalue weighted by Gasteiger charge is -2.32. The van der Waals surface area contributed by atoms with Gasteiger partial charge in [0, 0.05) is 13.1 Å². The van der Waals surface area contributed by atoms with Crippen LogP contribution in [0.25, 0.3) is 0 Å². The molecule has 0 amide bonds. The molecule has 1 aromatic rings. The van der Waals surface area contributed by atoms with Crippen LogP contribution < -0.4 is 10.6 Å². The highest BCUT2D eigenvalue weighted by atomic mass is 32.1. The molecule has 20 heavy (non-hydrogen) atoms. The van der Waals surface area contributed by atoms with E-state index in [0.29, 0.717) is 13.1 Å². The van der Waals surface area contributed by atoms with E-state index in [2.05, 4.69) is 39.4 Å². The van der Waals surface area contributed by atoms with Gasteiger partial charge in [-0.25, -0.2) is 4.99 Å². The number of hydrogen-bond acceptors (Lipinski definition) is 3. The lowest BCUT2D eigenvalue weighted by atomic mass is 9.85. The quantitative estimate of drug-likeness (QED) is 0.578. The smallest absolute Gasteiger partial charge is 0.191 e. The van der Waals surface area contributed by atoms with Crippen molar-refractivity contribution in [2.75, 3.05) is 13.1 Å². The van der Waals surface area contributed by atoms with Crippen molar-refractivity contribution in [2.45, 2.75) is 51.2 Å². The van der Waals surface area contributed by atoms with E-state index < -0.39 is 5.60 Å². The van der Waals surface area contributed by atoms with Crippen LogP contribution in [0.1, 0.15) is 44.6 Å². The van der Waals surface area contributed by atoms with Crippen LogP contribution in [-0.2, 0) is 6.54 Å². The average Bonchev–Trinajstić information content (AvgIpc) is 2.96. The van der Waals surface area contributed by atoms with Crippen LogP contribution in [0.3, 0.4) is 0 Å². The van der Waals surface area contributed by atoms with Gasteiger partial charge in [-0.15, -0.1) is 0 Å². The summed E-state index contributed by atoms with van der Waals surface area (Å²) in [5, 5.41) is 21.2. The van der Waals surface area contributed by atoms with Crippen LogP contribution in [0.2, 0.25) is 0 Å². The van der Waals surface area contributed by atoms with Gasteiger partial charge in [-0.05, 0) is 42.2 Å². The monoisotopic (exact) mass is 295 g/mol. The molecule has 0 bridgehead atoms. The molecular formula is C15H25N3OS. The van der Waals surface area contributed by atoms with E-state index in [1.807, 2.05) is 0 Å². The maximum absolute atomic E-state index is 10.5. The normalized spacial score (nSPS) is 18.8. The highest BCUT2D eigenvalue weighted by Gasteiger charge is 2.29.